The number of hydrogen-bond acceptors (Lipinski definition) is 3. The molecule has 0 spiro atoms. The molecule has 1 fully saturated rings. The van der Waals surface area contributed by atoms with E-state index in [4.69, 9.17) is 0 Å². The van der Waals surface area contributed by atoms with Gasteiger partial charge in [-0.25, -0.2) is 9.69 Å². The van der Waals surface area contributed by atoms with Gasteiger partial charge in [-0.2, -0.15) is 0 Å². The molecule has 1 saturated heterocycles. The molecule has 1 aliphatic heterocycles. The Hall–Kier alpha value is -2.48. The van der Waals surface area contributed by atoms with Gasteiger partial charge in [-0.3, -0.25) is 14.9 Å². The van der Waals surface area contributed by atoms with E-state index in [1.165, 1.54) is 6.08 Å². The third-order valence-electron chi connectivity index (χ3n) is 3.57. The van der Waals surface area contributed by atoms with Crippen LogP contribution < -0.4 is 10.2 Å². The maximum absolute atomic E-state index is 12.7. The van der Waals surface area contributed by atoms with Crippen LogP contribution in [0.15, 0.2) is 54.1 Å². The standard InChI is InChI=1S/C18H13IN2O3/c1-11-2-8-14(9-3-11)21-17(23)15(16(22)20-18(21)24)10-12-4-6-13(19)7-5-12/h2-10H,1H3,(H,20,22,24). The largest absolute Gasteiger partial charge is 0.335 e. The van der Waals surface area contributed by atoms with Gasteiger partial charge in [-0.15, -0.1) is 0 Å². The highest BCUT2D eigenvalue weighted by Gasteiger charge is 2.36. The van der Waals surface area contributed by atoms with Crippen molar-refractivity contribution < 1.29 is 14.4 Å². The number of amides is 4. The van der Waals surface area contributed by atoms with E-state index in [2.05, 4.69) is 27.9 Å². The lowest BCUT2D eigenvalue weighted by molar-refractivity contribution is -0.122. The highest BCUT2D eigenvalue weighted by atomic mass is 127. The zero-order valence-corrected chi connectivity index (χ0v) is 14.9. The molecule has 24 heavy (non-hydrogen) atoms. The Morgan fingerprint density at radius 3 is 2.21 bits per heavy atom. The first-order valence-corrected chi connectivity index (χ1v) is 8.27. The fourth-order valence-electron chi connectivity index (χ4n) is 2.31. The third kappa shape index (κ3) is 3.23. The summed E-state index contributed by atoms with van der Waals surface area (Å²) in [6.45, 7) is 1.91. The highest BCUT2D eigenvalue weighted by molar-refractivity contribution is 14.1. The predicted molar refractivity (Wildman–Crippen MR) is 99.3 cm³/mol. The summed E-state index contributed by atoms with van der Waals surface area (Å²) in [5.74, 6) is -1.32. The first-order valence-electron chi connectivity index (χ1n) is 7.19. The van der Waals surface area contributed by atoms with Gasteiger partial charge in [-0.05, 0) is 65.4 Å². The van der Waals surface area contributed by atoms with Crippen LogP contribution >= 0.6 is 22.6 Å². The topological polar surface area (TPSA) is 66.5 Å². The van der Waals surface area contributed by atoms with E-state index in [0.717, 1.165) is 14.0 Å². The summed E-state index contributed by atoms with van der Waals surface area (Å²) in [6, 6.07) is 13.6. The molecular weight excluding hydrogens is 419 g/mol. The average Bonchev–Trinajstić information content (AvgIpc) is 2.55. The molecule has 0 unspecified atom stereocenters. The summed E-state index contributed by atoms with van der Waals surface area (Å²) >= 11 is 2.17. The molecule has 0 bridgehead atoms. The molecule has 0 aromatic heterocycles. The van der Waals surface area contributed by atoms with Crippen LogP contribution in [-0.4, -0.2) is 17.8 Å². The van der Waals surface area contributed by atoms with Crippen LogP contribution in [0.1, 0.15) is 11.1 Å². The quantitative estimate of drug-likeness (QED) is 0.450. The van der Waals surface area contributed by atoms with Crippen LogP contribution in [-0.2, 0) is 9.59 Å². The molecule has 1 aliphatic rings. The number of carbonyl (C=O) groups excluding carboxylic acids is 3. The van der Waals surface area contributed by atoms with Crippen molar-refractivity contribution >= 4 is 52.2 Å². The van der Waals surface area contributed by atoms with Crippen LogP contribution in [0.4, 0.5) is 10.5 Å². The van der Waals surface area contributed by atoms with Gasteiger partial charge in [0.2, 0.25) is 0 Å². The van der Waals surface area contributed by atoms with E-state index < -0.39 is 17.8 Å². The fraction of sp³-hybridized carbons (Fsp3) is 0.0556. The summed E-state index contributed by atoms with van der Waals surface area (Å²) in [5.41, 5.74) is 2.07. The van der Waals surface area contributed by atoms with Crippen molar-refractivity contribution in [1.29, 1.82) is 0 Å². The lowest BCUT2D eigenvalue weighted by Crippen LogP contribution is -2.54. The second kappa shape index (κ2) is 6.56. The number of anilines is 1. The van der Waals surface area contributed by atoms with Gasteiger partial charge in [0, 0.05) is 3.57 Å². The monoisotopic (exact) mass is 432 g/mol. The number of nitrogens with zero attached hydrogens (tertiary/aromatic N) is 1. The van der Waals surface area contributed by atoms with E-state index in [1.54, 1.807) is 24.3 Å². The lowest BCUT2D eigenvalue weighted by Gasteiger charge is -2.26. The number of carbonyl (C=O) groups is 3. The van der Waals surface area contributed by atoms with Crippen molar-refractivity contribution in [3.63, 3.8) is 0 Å². The van der Waals surface area contributed by atoms with Crippen molar-refractivity contribution in [2.45, 2.75) is 6.92 Å². The van der Waals surface area contributed by atoms with Crippen LogP contribution in [0.5, 0.6) is 0 Å². The number of rotatable bonds is 2. The molecule has 0 radical (unpaired) electrons. The first kappa shape index (κ1) is 16.4. The molecule has 2 aromatic carbocycles. The Bertz CT molecular complexity index is 855. The minimum atomic E-state index is -0.742. The smallest absolute Gasteiger partial charge is 0.273 e. The molecule has 0 aliphatic carbocycles. The summed E-state index contributed by atoms with van der Waals surface area (Å²) < 4.78 is 1.05. The van der Waals surface area contributed by atoms with E-state index in [9.17, 15) is 14.4 Å². The molecule has 2 aromatic rings. The Labute approximate surface area is 152 Å². The number of nitrogens with one attached hydrogen (secondary N) is 1. The van der Waals surface area contributed by atoms with Gasteiger partial charge in [-0.1, -0.05) is 29.8 Å². The molecular formula is C18H13IN2O3. The molecule has 1 heterocycles. The Morgan fingerprint density at radius 2 is 1.58 bits per heavy atom. The number of barbiturate groups is 1. The van der Waals surface area contributed by atoms with Crippen molar-refractivity contribution in [1.82, 2.24) is 5.32 Å². The van der Waals surface area contributed by atoms with Crippen molar-refractivity contribution in [3.05, 3.63) is 68.8 Å². The summed E-state index contributed by atoms with van der Waals surface area (Å²) in [6.07, 6.45) is 1.49. The molecule has 120 valence electrons. The minimum absolute atomic E-state index is 0.0728. The summed E-state index contributed by atoms with van der Waals surface area (Å²) in [5, 5.41) is 2.21. The normalized spacial score (nSPS) is 16.5. The van der Waals surface area contributed by atoms with Crippen molar-refractivity contribution in [2.75, 3.05) is 4.90 Å². The molecule has 1 N–H and O–H groups in total. The number of hydrogen-bond donors (Lipinski definition) is 1. The molecule has 6 heteroatoms. The zero-order chi connectivity index (χ0) is 17.3. The molecule has 5 nitrogen and oxygen atoms in total. The van der Waals surface area contributed by atoms with Gasteiger partial charge in [0.05, 0.1) is 5.69 Å². The molecule has 3 rings (SSSR count). The summed E-state index contributed by atoms with van der Waals surface area (Å²) in [7, 11) is 0. The van der Waals surface area contributed by atoms with Gasteiger partial charge in [0.15, 0.2) is 0 Å². The van der Waals surface area contributed by atoms with E-state index in [-0.39, 0.29) is 5.57 Å². The second-order valence-corrected chi connectivity index (χ2v) is 6.59. The summed E-state index contributed by atoms with van der Waals surface area (Å²) in [4.78, 5) is 37.8. The minimum Gasteiger partial charge on any atom is -0.273 e. The number of benzene rings is 2. The number of halogens is 1. The van der Waals surface area contributed by atoms with Crippen molar-refractivity contribution in [3.8, 4) is 0 Å². The first-order chi connectivity index (χ1) is 11.5. The van der Waals surface area contributed by atoms with E-state index in [0.29, 0.717) is 11.3 Å². The van der Waals surface area contributed by atoms with Crippen LogP contribution in [0.2, 0.25) is 0 Å². The Balaban J connectivity index is 1.99. The Kier molecular flexibility index (Phi) is 4.48. The van der Waals surface area contributed by atoms with Crippen LogP contribution in [0.3, 0.4) is 0 Å². The van der Waals surface area contributed by atoms with Gasteiger partial charge in [0.1, 0.15) is 5.57 Å². The van der Waals surface area contributed by atoms with Crippen molar-refractivity contribution in [2.24, 2.45) is 0 Å². The maximum atomic E-state index is 12.7. The zero-order valence-electron chi connectivity index (χ0n) is 12.7. The lowest BCUT2D eigenvalue weighted by atomic mass is 10.1. The van der Waals surface area contributed by atoms with Gasteiger partial charge in [0.25, 0.3) is 11.8 Å². The number of aryl methyl sites for hydroxylation is 1. The number of imide groups is 2. The molecule has 4 amide bonds. The number of urea groups is 1. The van der Waals surface area contributed by atoms with E-state index >= 15 is 0 Å². The van der Waals surface area contributed by atoms with Crippen LogP contribution in [0, 0.1) is 10.5 Å². The van der Waals surface area contributed by atoms with E-state index in [1.807, 2.05) is 31.2 Å². The highest BCUT2D eigenvalue weighted by Crippen LogP contribution is 2.22. The average molecular weight is 432 g/mol. The fourth-order valence-corrected chi connectivity index (χ4v) is 2.67. The predicted octanol–water partition coefficient (Wildman–Crippen LogP) is 3.27. The molecule has 0 saturated carbocycles. The Morgan fingerprint density at radius 1 is 0.958 bits per heavy atom. The van der Waals surface area contributed by atoms with Crippen LogP contribution in [0.25, 0.3) is 6.08 Å². The van der Waals surface area contributed by atoms with Gasteiger partial charge < -0.3 is 0 Å². The maximum Gasteiger partial charge on any atom is 0.335 e. The van der Waals surface area contributed by atoms with Gasteiger partial charge >= 0.3 is 6.03 Å². The second-order valence-electron chi connectivity index (χ2n) is 5.34. The third-order valence-corrected chi connectivity index (χ3v) is 4.29. The SMILES string of the molecule is Cc1ccc(N2C(=O)NC(=O)C(=Cc3ccc(I)cc3)C2=O)cc1. The molecule has 0 atom stereocenters.